The van der Waals surface area contributed by atoms with Crippen LogP contribution in [0.25, 0.3) is 0 Å². The highest BCUT2D eigenvalue weighted by molar-refractivity contribution is 6.43. The van der Waals surface area contributed by atoms with Crippen molar-refractivity contribution in [3.8, 4) is 0 Å². The van der Waals surface area contributed by atoms with Crippen LogP contribution in [-0.2, 0) is 9.53 Å². The Morgan fingerprint density at radius 1 is 1.08 bits per heavy atom. The van der Waals surface area contributed by atoms with Crippen LogP contribution >= 0.6 is 34.8 Å². The maximum absolute atomic E-state index is 13.2. The van der Waals surface area contributed by atoms with Crippen LogP contribution in [0.5, 0.6) is 0 Å². The summed E-state index contributed by atoms with van der Waals surface area (Å²) in [7, 11) is 0. The molecule has 0 unspecified atom stereocenters. The lowest BCUT2D eigenvalue weighted by atomic mass is 9.95. The fraction of sp³-hybridized carbons (Fsp3) is 0.222. The Kier molecular flexibility index (Phi) is 3.97. The average molecular weight is 411 g/mol. The van der Waals surface area contributed by atoms with Gasteiger partial charge in [-0.15, -0.1) is 0 Å². The molecular weight excluding hydrogens is 397 g/mol. The molecule has 2 aromatic rings. The molecule has 26 heavy (non-hydrogen) atoms. The number of para-hydroxylation sites is 1. The molecule has 1 amide bonds. The monoisotopic (exact) mass is 409 g/mol. The van der Waals surface area contributed by atoms with Gasteiger partial charge in [-0.3, -0.25) is 10.2 Å². The lowest BCUT2D eigenvalue weighted by Gasteiger charge is -2.18. The molecular formula is C18H14Cl3N3O2. The number of hydrogen-bond donors (Lipinski definition) is 1. The van der Waals surface area contributed by atoms with Gasteiger partial charge in [0.2, 0.25) is 5.60 Å². The number of nitrogens with one attached hydrogen (secondary N) is 1. The fourth-order valence-electron chi connectivity index (χ4n) is 3.13. The third kappa shape index (κ3) is 2.50. The minimum atomic E-state index is -1.20. The minimum absolute atomic E-state index is 0.248. The molecule has 2 aliphatic rings. The molecule has 0 radical (unpaired) electrons. The first kappa shape index (κ1) is 17.6. The lowest BCUT2D eigenvalue weighted by Crippen LogP contribution is -2.38. The van der Waals surface area contributed by atoms with Gasteiger partial charge in [-0.1, -0.05) is 53.0 Å². The van der Waals surface area contributed by atoms with Gasteiger partial charge in [0.1, 0.15) is 11.3 Å². The van der Waals surface area contributed by atoms with Crippen molar-refractivity contribution in [3.05, 3.63) is 57.5 Å². The van der Waals surface area contributed by atoms with Crippen LogP contribution in [0.2, 0.25) is 15.1 Å². The van der Waals surface area contributed by atoms with E-state index in [1.807, 2.05) is 44.2 Å². The summed E-state index contributed by atoms with van der Waals surface area (Å²) in [5, 5.41) is 2.15. The number of rotatable bonds is 2. The van der Waals surface area contributed by atoms with E-state index in [0.717, 1.165) is 0 Å². The molecule has 2 aromatic carbocycles. The molecule has 1 atom stereocenters. The summed E-state index contributed by atoms with van der Waals surface area (Å²) < 4.78 is 5.81. The minimum Gasteiger partial charge on any atom is -0.345 e. The molecule has 4 rings (SSSR count). The van der Waals surface area contributed by atoms with Crippen molar-refractivity contribution >= 4 is 57.9 Å². The summed E-state index contributed by atoms with van der Waals surface area (Å²) in [6, 6.07) is 12.4. The number of aliphatic imine (C=N–C) groups is 1. The summed E-state index contributed by atoms with van der Waals surface area (Å²) in [5.41, 5.74) is 2.12. The predicted molar refractivity (Wildman–Crippen MR) is 104 cm³/mol. The third-order valence-corrected chi connectivity index (χ3v) is 5.27. The van der Waals surface area contributed by atoms with E-state index in [1.54, 1.807) is 0 Å². The Hall–Kier alpha value is -1.79. The third-order valence-electron chi connectivity index (χ3n) is 4.47. The van der Waals surface area contributed by atoms with E-state index in [1.165, 1.54) is 17.1 Å². The van der Waals surface area contributed by atoms with Crippen LogP contribution in [0.3, 0.4) is 0 Å². The molecule has 1 N–H and O–H groups in total. The van der Waals surface area contributed by atoms with E-state index in [0.29, 0.717) is 22.2 Å². The zero-order valence-electron chi connectivity index (χ0n) is 13.9. The summed E-state index contributed by atoms with van der Waals surface area (Å²) in [6.45, 7) is 3.67. The second-order valence-corrected chi connectivity index (χ2v) is 7.81. The zero-order valence-corrected chi connectivity index (χ0v) is 16.2. The Morgan fingerprint density at radius 2 is 1.65 bits per heavy atom. The largest absolute Gasteiger partial charge is 0.345 e. The molecule has 5 nitrogen and oxygen atoms in total. The quantitative estimate of drug-likeness (QED) is 0.725. The highest BCUT2D eigenvalue weighted by Crippen LogP contribution is 2.53. The van der Waals surface area contributed by atoms with Crippen LogP contribution < -0.4 is 10.4 Å². The molecule has 2 saturated heterocycles. The number of amides is 1. The van der Waals surface area contributed by atoms with Crippen molar-refractivity contribution in [1.82, 2.24) is 5.43 Å². The molecule has 134 valence electrons. The van der Waals surface area contributed by atoms with E-state index in [2.05, 4.69) is 10.4 Å². The van der Waals surface area contributed by atoms with Gasteiger partial charge in [0.15, 0.2) is 5.84 Å². The number of halogens is 3. The number of hydrazine groups is 1. The van der Waals surface area contributed by atoms with Gasteiger partial charge in [-0.25, -0.2) is 10.0 Å². The summed E-state index contributed by atoms with van der Waals surface area (Å²) in [6.07, 6.45) is 0. The first-order chi connectivity index (χ1) is 12.3. The molecule has 2 aliphatic heterocycles. The summed E-state index contributed by atoms with van der Waals surface area (Å²) >= 11 is 18.6. The molecule has 1 spiro atoms. The number of hydrogen-bond acceptors (Lipinski definition) is 3. The highest BCUT2D eigenvalue weighted by atomic mass is 35.5. The molecule has 0 aromatic heterocycles. The van der Waals surface area contributed by atoms with Crippen LogP contribution in [-0.4, -0.2) is 22.9 Å². The molecule has 2 heterocycles. The highest BCUT2D eigenvalue weighted by Gasteiger charge is 2.77. The van der Waals surface area contributed by atoms with Crippen LogP contribution in [0.1, 0.15) is 13.8 Å². The van der Waals surface area contributed by atoms with Crippen LogP contribution in [0.4, 0.5) is 11.4 Å². The van der Waals surface area contributed by atoms with Crippen molar-refractivity contribution in [3.63, 3.8) is 0 Å². The van der Waals surface area contributed by atoms with Gasteiger partial charge in [0, 0.05) is 5.02 Å². The van der Waals surface area contributed by atoms with Gasteiger partial charge >= 0.3 is 0 Å². The number of nitrogens with zero attached hydrogens (tertiary/aromatic N) is 2. The van der Waals surface area contributed by atoms with E-state index >= 15 is 0 Å². The Balaban J connectivity index is 1.82. The van der Waals surface area contributed by atoms with Crippen LogP contribution in [0.15, 0.2) is 47.5 Å². The molecule has 0 saturated carbocycles. The number of ether oxygens (including phenoxy) is 1. The SMILES string of the molecule is CC1(C)O[C@]12C(=O)N(c1c(Cl)cc(Cl)cc1Cl)NC2=Nc1ccccc1. The molecule has 0 bridgehead atoms. The number of carbonyl (C=O) groups excluding carboxylic acids is 1. The van der Waals surface area contributed by atoms with Gasteiger partial charge in [0.05, 0.1) is 15.7 Å². The summed E-state index contributed by atoms with van der Waals surface area (Å²) in [5.74, 6) is 0.0593. The Bertz CT molecular complexity index is 923. The van der Waals surface area contributed by atoms with E-state index < -0.39 is 11.2 Å². The molecule has 8 heteroatoms. The second kappa shape index (κ2) is 5.86. The van der Waals surface area contributed by atoms with Crippen LogP contribution in [0, 0.1) is 0 Å². The van der Waals surface area contributed by atoms with Crippen molar-refractivity contribution in [2.75, 3.05) is 5.01 Å². The fourth-order valence-corrected chi connectivity index (χ4v) is 4.11. The van der Waals surface area contributed by atoms with Crippen molar-refractivity contribution in [2.45, 2.75) is 25.0 Å². The topological polar surface area (TPSA) is 57.2 Å². The van der Waals surface area contributed by atoms with Crippen molar-refractivity contribution < 1.29 is 9.53 Å². The molecule has 2 fully saturated rings. The normalized spacial score (nSPS) is 25.0. The number of amidine groups is 1. The average Bonchev–Trinajstić information content (AvgIpc) is 3.06. The van der Waals surface area contributed by atoms with Crippen molar-refractivity contribution in [1.29, 1.82) is 0 Å². The first-order valence-corrected chi connectivity index (χ1v) is 9.00. The van der Waals surface area contributed by atoms with E-state index in [-0.39, 0.29) is 16.0 Å². The maximum Gasteiger partial charge on any atom is 0.289 e. The Labute approximate surface area is 165 Å². The smallest absolute Gasteiger partial charge is 0.289 e. The van der Waals surface area contributed by atoms with E-state index in [4.69, 9.17) is 39.5 Å². The lowest BCUT2D eigenvalue weighted by molar-refractivity contribution is -0.120. The van der Waals surface area contributed by atoms with Gasteiger partial charge in [-0.2, -0.15) is 0 Å². The van der Waals surface area contributed by atoms with Gasteiger partial charge < -0.3 is 4.74 Å². The predicted octanol–water partition coefficient (Wildman–Crippen LogP) is 4.78. The number of benzene rings is 2. The van der Waals surface area contributed by atoms with Gasteiger partial charge in [-0.05, 0) is 38.1 Å². The van der Waals surface area contributed by atoms with Gasteiger partial charge in [0.25, 0.3) is 5.91 Å². The molecule has 0 aliphatic carbocycles. The summed E-state index contributed by atoms with van der Waals surface area (Å²) in [4.78, 5) is 17.8. The number of anilines is 1. The second-order valence-electron chi connectivity index (χ2n) is 6.56. The number of epoxide rings is 1. The van der Waals surface area contributed by atoms with Crippen molar-refractivity contribution in [2.24, 2.45) is 4.99 Å². The zero-order chi connectivity index (χ0) is 18.7. The standard InChI is InChI=1S/C18H14Cl3N3O2/c1-17(2)18(26-17)15(22-11-6-4-3-5-7-11)23-24(16(18)25)14-12(20)8-10(19)9-13(14)21/h3-9H,1-2H3,(H,22,23)/t18-/m1/s1. The van der Waals surface area contributed by atoms with E-state index in [9.17, 15) is 4.79 Å². The maximum atomic E-state index is 13.2. The first-order valence-electron chi connectivity index (χ1n) is 7.86. The Morgan fingerprint density at radius 3 is 2.19 bits per heavy atom. The number of carbonyl (C=O) groups is 1.